The van der Waals surface area contributed by atoms with E-state index in [2.05, 4.69) is 4.90 Å². The van der Waals surface area contributed by atoms with Crippen molar-refractivity contribution in [2.24, 2.45) is 5.92 Å². The van der Waals surface area contributed by atoms with E-state index in [9.17, 15) is 9.90 Å². The van der Waals surface area contributed by atoms with Gasteiger partial charge < -0.3 is 9.84 Å². The van der Waals surface area contributed by atoms with Gasteiger partial charge in [-0.3, -0.25) is 9.69 Å². The smallest absolute Gasteiger partial charge is 0.312 e. The van der Waals surface area contributed by atoms with Crippen LogP contribution in [-0.2, 0) is 9.53 Å². The Kier molecular flexibility index (Phi) is 3.98. The molecular formula is C10H18ClNO3. The van der Waals surface area contributed by atoms with Gasteiger partial charge in [0.15, 0.2) is 0 Å². The number of hydrogen-bond donors (Lipinski definition) is 1. The highest BCUT2D eigenvalue weighted by Crippen LogP contribution is 2.38. The van der Waals surface area contributed by atoms with Crippen LogP contribution in [0.3, 0.4) is 0 Å². The lowest BCUT2D eigenvalue weighted by molar-refractivity contribution is -0.155. The van der Waals surface area contributed by atoms with Gasteiger partial charge in [-0.05, 0) is 26.3 Å². The Balaban J connectivity index is 0.00000112. The van der Waals surface area contributed by atoms with Crippen LogP contribution in [-0.4, -0.2) is 48.3 Å². The molecular weight excluding hydrogens is 218 g/mol. The minimum atomic E-state index is -0.517. The summed E-state index contributed by atoms with van der Waals surface area (Å²) in [6.45, 7) is 0. The molecule has 0 aliphatic carbocycles. The first-order chi connectivity index (χ1) is 6.65. The van der Waals surface area contributed by atoms with E-state index < -0.39 is 6.10 Å². The van der Waals surface area contributed by atoms with E-state index in [-0.39, 0.29) is 30.3 Å². The maximum absolute atomic E-state index is 11.5. The Bertz CT molecular complexity index is 249. The van der Waals surface area contributed by atoms with Crippen LogP contribution in [0.2, 0.25) is 0 Å². The van der Waals surface area contributed by atoms with Crippen LogP contribution < -0.4 is 0 Å². The molecule has 15 heavy (non-hydrogen) atoms. The fraction of sp³-hybridized carbons (Fsp3) is 0.900. The van der Waals surface area contributed by atoms with Crippen molar-refractivity contribution in [1.29, 1.82) is 0 Å². The van der Waals surface area contributed by atoms with Gasteiger partial charge in [0, 0.05) is 12.1 Å². The second kappa shape index (κ2) is 4.68. The van der Waals surface area contributed by atoms with Crippen LogP contribution in [0.4, 0.5) is 0 Å². The number of aliphatic hydroxyl groups is 1. The van der Waals surface area contributed by atoms with Crippen LogP contribution in [0.1, 0.15) is 19.3 Å². The van der Waals surface area contributed by atoms with E-state index in [0.29, 0.717) is 12.5 Å². The number of aliphatic hydroxyl groups excluding tert-OH is 1. The van der Waals surface area contributed by atoms with Crippen molar-refractivity contribution in [3.8, 4) is 0 Å². The third kappa shape index (κ3) is 1.98. The molecule has 0 aromatic rings. The van der Waals surface area contributed by atoms with Gasteiger partial charge in [0.05, 0.1) is 19.1 Å². The van der Waals surface area contributed by atoms with Crippen molar-refractivity contribution in [1.82, 2.24) is 4.90 Å². The minimum Gasteiger partial charge on any atom is -0.469 e. The van der Waals surface area contributed by atoms with Gasteiger partial charge in [-0.15, -0.1) is 12.4 Å². The summed E-state index contributed by atoms with van der Waals surface area (Å²) in [5, 5.41) is 9.84. The lowest BCUT2D eigenvalue weighted by Gasteiger charge is -2.39. The average Bonchev–Trinajstić information content (AvgIpc) is 2.42. The average molecular weight is 236 g/mol. The summed E-state index contributed by atoms with van der Waals surface area (Å²) in [5.41, 5.74) is 0. The van der Waals surface area contributed by atoms with Gasteiger partial charge in [0.2, 0.25) is 0 Å². The molecule has 4 atom stereocenters. The van der Waals surface area contributed by atoms with E-state index in [1.807, 2.05) is 7.05 Å². The number of carbonyl (C=O) groups excluding carboxylic acids is 1. The normalized spacial score (nSPS) is 39.7. The zero-order valence-corrected chi connectivity index (χ0v) is 9.87. The molecule has 2 fully saturated rings. The summed E-state index contributed by atoms with van der Waals surface area (Å²) in [5.74, 6) is -0.613. The van der Waals surface area contributed by atoms with E-state index in [4.69, 9.17) is 4.74 Å². The zero-order chi connectivity index (χ0) is 10.3. The molecule has 0 saturated carbocycles. The number of halogens is 1. The van der Waals surface area contributed by atoms with Crippen molar-refractivity contribution in [3.63, 3.8) is 0 Å². The molecule has 2 heterocycles. The van der Waals surface area contributed by atoms with Gasteiger partial charge in [-0.25, -0.2) is 0 Å². The lowest BCUT2D eigenvalue weighted by atomic mass is 9.88. The Morgan fingerprint density at radius 3 is 2.73 bits per heavy atom. The third-order valence-corrected chi connectivity index (χ3v) is 3.71. The highest BCUT2D eigenvalue weighted by Gasteiger charge is 2.48. The maximum atomic E-state index is 11.5. The van der Waals surface area contributed by atoms with Crippen LogP contribution in [0.5, 0.6) is 0 Å². The van der Waals surface area contributed by atoms with E-state index in [1.165, 1.54) is 7.11 Å². The topological polar surface area (TPSA) is 49.8 Å². The molecule has 0 aromatic carbocycles. The van der Waals surface area contributed by atoms with Crippen LogP contribution >= 0.6 is 12.4 Å². The number of nitrogens with zero attached hydrogens (tertiary/aromatic N) is 1. The minimum absolute atomic E-state index is 0. The number of carbonyl (C=O) groups is 1. The second-order valence-electron chi connectivity index (χ2n) is 4.32. The molecule has 0 spiro atoms. The first-order valence-corrected chi connectivity index (χ1v) is 5.13. The van der Waals surface area contributed by atoms with E-state index in [1.54, 1.807) is 0 Å². The summed E-state index contributed by atoms with van der Waals surface area (Å²) in [6, 6.07) is 0.632. The highest BCUT2D eigenvalue weighted by atomic mass is 35.5. The first kappa shape index (κ1) is 12.7. The number of esters is 1. The molecule has 2 aliphatic rings. The van der Waals surface area contributed by atoms with Crippen molar-refractivity contribution in [2.75, 3.05) is 14.2 Å². The predicted molar refractivity (Wildman–Crippen MR) is 58.0 cm³/mol. The summed E-state index contributed by atoms with van der Waals surface area (Å²) in [4.78, 5) is 13.7. The third-order valence-electron chi connectivity index (χ3n) is 3.71. The monoisotopic (exact) mass is 235 g/mol. The zero-order valence-electron chi connectivity index (χ0n) is 9.05. The highest BCUT2D eigenvalue weighted by molar-refractivity contribution is 5.85. The van der Waals surface area contributed by atoms with Crippen molar-refractivity contribution >= 4 is 18.4 Å². The number of rotatable bonds is 1. The molecule has 2 bridgehead atoms. The number of methoxy groups -OCH3 is 1. The molecule has 2 rings (SSSR count). The van der Waals surface area contributed by atoms with Gasteiger partial charge in [0.1, 0.15) is 0 Å². The standard InChI is InChI=1S/C10H17NO3.ClH/c1-11-6-3-4-7(11)9(8(12)5-6)10(13)14-2;/h6-9,12H,3-5H2,1-2H3;1H. The summed E-state index contributed by atoms with van der Waals surface area (Å²) in [6.07, 6.45) is 2.27. The van der Waals surface area contributed by atoms with Crippen LogP contribution in [0.25, 0.3) is 0 Å². The maximum Gasteiger partial charge on any atom is 0.312 e. The number of ether oxygens (including phenoxy) is 1. The Morgan fingerprint density at radius 1 is 1.47 bits per heavy atom. The fourth-order valence-corrected chi connectivity index (χ4v) is 2.89. The predicted octanol–water partition coefficient (Wildman–Crippen LogP) is 0.425. The molecule has 0 radical (unpaired) electrons. The van der Waals surface area contributed by atoms with Crippen LogP contribution in [0, 0.1) is 5.92 Å². The van der Waals surface area contributed by atoms with Crippen molar-refractivity contribution < 1.29 is 14.6 Å². The Morgan fingerprint density at radius 2 is 2.13 bits per heavy atom. The molecule has 0 amide bonds. The fourth-order valence-electron chi connectivity index (χ4n) is 2.89. The Hall–Kier alpha value is -0.320. The number of piperidine rings is 1. The molecule has 4 unspecified atom stereocenters. The second-order valence-corrected chi connectivity index (χ2v) is 4.32. The molecule has 1 N–H and O–H groups in total. The van der Waals surface area contributed by atoms with Gasteiger partial charge in [-0.1, -0.05) is 0 Å². The molecule has 2 aliphatic heterocycles. The number of fused-ring (bicyclic) bond motifs is 2. The van der Waals surface area contributed by atoms with Gasteiger partial charge in [0.25, 0.3) is 0 Å². The summed E-state index contributed by atoms with van der Waals surface area (Å²) >= 11 is 0. The quantitative estimate of drug-likeness (QED) is 0.670. The SMILES string of the molecule is COC(=O)C1C(O)CC2CCC1N2C.Cl. The number of hydrogen-bond acceptors (Lipinski definition) is 4. The van der Waals surface area contributed by atoms with Crippen molar-refractivity contribution in [2.45, 2.75) is 37.5 Å². The van der Waals surface area contributed by atoms with E-state index >= 15 is 0 Å². The largest absolute Gasteiger partial charge is 0.469 e. The molecule has 4 nitrogen and oxygen atoms in total. The van der Waals surface area contributed by atoms with Crippen LogP contribution in [0.15, 0.2) is 0 Å². The van der Waals surface area contributed by atoms with E-state index in [0.717, 1.165) is 12.8 Å². The molecule has 5 heteroatoms. The van der Waals surface area contributed by atoms with Gasteiger partial charge in [-0.2, -0.15) is 0 Å². The first-order valence-electron chi connectivity index (χ1n) is 5.13. The summed E-state index contributed by atoms with van der Waals surface area (Å²) in [7, 11) is 3.42. The summed E-state index contributed by atoms with van der Waals surface area (Å²) < 4.78 is 4.73. The molecule has 0 aromatic heterocycles. The molecule has 88 valence electrons. The molecule has 2 saturated heterocycles. The van der Waals surface area contributed by atoms with Crippen molar-refractivity contribution in [3.05, 3.63) is 0 Å². The Labute approximate surface area is 96.0 Å². The van der Waals surface area contributed by atoms with Gasteiger partial charge >= 0.3 is 5.97 Å². The lowest BCUT2D eigenvalue weighted by Crippen LogP contribution is -2.52.